The van der Waals surface area contributed by atoms with Crippen LogP contribution in [0.5, 0.6) is 23.0 Å². The normalized spacial score (nSPS) is 12.1. The van der Waals surface area contributed by atoms with Crippen molar-refractivity contribution in [3.63, 3.8) is 0 Å². The summed E-state index contributed by atoms with van der Waals surface area (Å²) in [6.07, 6.45) is 0. The predicted octanol–water partition coefficient (Wildman–Crippen LogP) is 4.56. The third kappa shape index (κ3) is 8.59. The number of methoxy groups -OCH3 is 4. The van der Waals surface area contributed by atoms with Crippen LogP contribution in [0.1, 0.15) is 38.8 Å². The van der Waals surface area contributed by atoms with Crippen molar-refractivity contribution in [3.8, 4) is 23.0 Å². The Morgan fingerprint density at radius 3 is 2.07 bits per heavy atom. The van der Waals surface area contributed by atoms with Crippen LogP contribution in [0.15, 0.2) is 65.6 Å². The van der Waals surface area contributed by atoms with Crippen LogP contribution >= 0.6 is 0 Å². The summed E-state index contributed by atoms with van der Waals surface area (Å²) < 4.78 is 51.3. The van der Waals surface area contributed by atoms with E-state index in [2.05, 4.69) is 5.32 Å². The number of aryl methyl sites for hydroxylation is 1. The minimum Gasteiger partial charge on any atom is -0.497 e. The molecule has 45 heavy (non-hydrogen) atoms. The van der Waals surface area contributed by atoms with Crippen molar-refractivity contribution in [2.24, 2.45) is 0 Å². The van der Waals surface area contributed by atoms with Gasteiger partial charge in [0, 0.05) is 24.2 Å². The molecule has 0 unspecified atom stereocenters. The fourth-order valence-corrected chi connectivity index (χ4v) is 6.11. The second kappa shape index (κ2) is 14.6. The Balaban J connectivity index is 2.18. The number of benzene rings is 3. The van der Waals surface area contributed by atoms with E-state index in [0.29, 0.717) is 11.5 Å². The van der Waals surface area contributed by atoms with Crippen molar-refractivity contribution >= 4 is 27.5 Å². The number of hydrogen-bond donors (Lipinski definition) is 1. The van der Waals surface area contributed by atoms with Crippen molar-refractivity contribution in [1.29, 1.82) is 0 Å². The van der Waals surface area contributed by atoms with Crippen LogP contribution in [-0.4, -0.2) is 71.7 Å². The van der Waals surface area contributed by atoms with Gasteiger partial charge in [0.05, 0.1) is 39.0 Å². The van der Waals surface area contributed by atoms with Crippen LogP contribution in [0, 0.1) is 6.92 Å². The van der Waals surface area contributed by atoms with Gasteiger partial charge in [0.15, 0.2) is 11.5 Å². The van der Waals surface area contributed by atoms with Crippen LogP contribution in [0.3, 0.4) is 0 Å². The van der Waals surface area contributed by atoms with E-state index in [1.807, 2.05) is 52.0 Å². The fourth-order valence-electron chi connectivity index (χ4n) is 4.67. The highest BCUT2D eigenvalue weighted by Gasteiger charge is 2.35. The number of hydrogen-bond acceptors (Lipinski definition) is 8. The third-order valence-corrected chi connectivity index (χ3v) is 8.73. The zero-order chi connectivity index (χ0) is 33.5. The smallest absolute Gasteiger partial charge is 0.265 e. The highest BCUT2D eigenvalue weighted by Crippen LogP contribution is 2.37. The van der Waals surface area contributed by atoms with Gasteiger partial charge in [-0.1, -0.05) is 29.8 Å². The molecule has 0 aliphatic heterocycles. The number of sulfonamides is 1. The average molecular weight is 642 g/mol. The summed E-state index contributed by atoms with van der Waals surface area (Å²) in [4.78, 5) is 28.9. The SMILES string of the molecule is COc1ccc(OC)c(N(CC(=O)N(Cc2cccc(C)c2)[C@@H](C)C(=O)NC(C)(C)C)S(=O)(=O)c2ccc(OC)c(OC)c2)c1. The first-order valence-electron chi connectivity index (χ1n) is 14.3. The first-order chi connectivity index (χ1) is 21.1. The molecule has 0 radical (unpaired) electrons. The summed E-state index contributed by atoms with van der Waals surface area (Å²) in [5, 5.41) is 2.92. The quantitative estimate of drug-likeness (QED) is 0.288. The van der Waals surface area contributed by atoms with Crippen LogP contribution in [0.25, 0.3) is 0 Å². The first kappa shape index (κ1) is 35.0. The summed E-state index contributed by atoms with van der Waals surface area (Å²) in [6.45, 7) is 8.49. The largest absolute Gasteiger partial charge is 0.497 e. The molecule has 0 aliphatic carbocycles. The molecule has 0 fully saturated rings. The molecule has 0 aromatic heterocycles. The lowest BCUT2D eigenvalue weighted by molar-refractivity contribution is -0.140. The van der Waals surface area contributed by atoms with E-state index in [1.54, 1.807) is 19.1 Å². The molecule has 0 saturated heterocycles. The van der Waals surface area contributed by atoms with Crippen molar-refractivity contribution in [2.45, 2.75) is 57.6 Å². The lowest BCUT2D eigenvalue weighted by Gasteiger charge is -2.34. The van der Waals surface area contributed by atoms with Gasteiger partial charge in [-0.2, -0.15) is 0 Å². The molecule has 3 aromatic carbocycles. The average Bonchev–Trinajstić information content (AvgIpc) is 3.00. The van der Waals surface area contributed by atoms with Crippen LogP contribution < -0.4 is 28.6 Å². The highest BCUT2D eigenvalue weighted by atomic mass is 32.2. The van der Waals surface area contributed by atoms with Gasteiger partial charge in [-0.25, -0.2) is 8.42 Å². The number of anilines is 1. The molecule has 0 aliphatic rings. The first-order valence-corrected chi connectivity index (χ1v) is 15.7. The van der Waals surface area contributed by atoms with Crippen molar-refractivity contribution < 1.29 is 37.0 Å². The third-order valence-electron chi connectivity index (χ3n) is 6.98. The maximum Gasteiger partial charge on any atom is 0.265 e. The molecule has 1 N–H and O–H groups in total. The van der Waals surface area contributed by atoms with Gasteiger partial charge in [0.1, 0.15) is 24.1 Å². The molecule has 2 amide bonds. The molecule has 12 heteroatoms. The molecule has 3 rings (SSSR count). The van der Waals surface area contributed by atoms with E-state index in [9.17, 15) is 18.0 Å². The number of nitrogens with zero attached hydrogens (tertiary/aromatic N) is 2. The van der Waals surface area contributed by atoms with E-state index < -0.39 is 34.1 Å². The molecular formula is C33H43N3O8S. The Bertz CT molecular complexity index is 1620. The van der Waals surface area contributed by atoms with Crippen molar-refractivity contribution in [3.05, 3.63) is 71.8 Å². The fraction of sp³-hybridized carbons (Fsp3) is 0.394. The molecule has 0 saturated carbocycles. The van der Waals surface area contributed by atoms with Crippen LogP contribution in [0.4, 0.5) is 5.69 Å². The molecule has 0 heterocycles. The summed E-state index contributed by atoms with van der Waals surface area (Å²) in [5.41, 5.74) is 1.28. The van der Waals surface area contributed by atoms with E-state index in [0.717, 1.165) is 15.4 Å². The summed E-state index contributed by atoms with van der Waals surface area (Å²) in [7, 11) is 1.25. The van der Waals surface area contributed by atoms with Crippen molar-refractivity contribution in [1.82, 2.24) is 10.2 Å². The lowest BCUT2D eigenvalue weighted by Crippen LogP contribution is -2.54. The second-order valence-corrected chi connectivity index (χ2v) is 13.4. The Hall–Kier alpha value is -4.45. The number of amides is 2. The van der Waals surface area contributed by atoms with E-state index in [4.69, 9.17) is 18.9 Å². The zero-order valence-corrected chi connectivity index (χ0v) is 28.2. The minimum absolute atomic E-state index is 0.0682. The molecule has 3 aromatic rings. The molecule has 1 atom stereocenters. The second-order valence-electron chi connectivity index (χ2n) is 11.5. The van der Waals surface area contributed by atoms with Crippen LogP contribution in [-0.2, 0) is 26.2 Å². The maximum atomic E-state index is 14.4. The Morgan fingerprint density at radius 1 is 0.844 bits per heavy atom. The number of carbonyl (C=O) groups is 2. The Morgan fingerprint density at radius 2 is 1.49 bits per heavy atom. The standard InChI is InChI=1S/C33H43N3O8S/c1-22-11-10-12-24(17-22)20-35(23(2)32(38)34-33(3,4)5)31(37)21-36(27-18-25(41-6)13-15-28(27)42-7)45(39,40)26-14-16-29(43-8)30(19-26)44-9/h10-19,23H,20-21H2,1-9H3,(H,34,38)/t23-/m0/s1. The van der Waals surface area contributed by atoms with Gasteiger partial charge in [-0.15, -0.1) is 0 Å². The van der Waals surface area contributed by atoms with Crippen molar-refractivity contribution in [2.75, 3.05) is 39.3 Å². The Labute approximate surface area is 266 Å². The van der Waals surface area contributed by atoms with Gasteiger partial charge in [0.25, 0.3) is 10.0 Å². The number of carbonyl (C=O) groups excluding carboxylic acids is 2. The summed E-state index contributed by atoms with van der Waals surface area (Å²) in [5.74, 6) is 0.0764. The maximum absolute atomic E-state index is 14.4. The number of nitrogens with one attached hydrogen (secondary N) is 1. The van der Waals surface area contributed by atoms with E-state index >= 15 is 0 Å². The van der Waals surface area contributed by atoms with Gasteiger partial charge in [-0.05, 0) is 64.4 Å². The van der Waals surface area contributed by atoms with E-state index in [1.165, 1.54) is 57.6 Å². The molecule has 0 spiro atoms. The van der Waals surface area contributed by atoms with Crippen LogP contribution in [0.2, 0.25) is 0 Å². The topological polar surface area (TPSA) is 124 Å². The number of rotatable bonds is 13. The molecule has 0 bridgehead atoms. The predicted molar refractivity (Wildman–Crippen MR) is 173 cm³/mol. The summed E-state index contributed by atoms with van der Waals surface area (Å²) in [6, 6.07) is 15.4. The monoisotopic (exact) mass is 641 g/mol. The Kier molecular flexibility index (Phi) is 11.3. The van der Waals surface area contributed by atoms with Gasteiger partial charge >= 0.3 is 0 Å². The number of ether oxygens (including phenoxy) is 4. The minimum atomic E-state index is -4.44. The van der Waals surface area contributed by atoms with E-state index in [-0.39, 0.29) is 34.5 Å². The highest BCUT2D eigenvalue weighted by molar-refractivity contribution is 7.92. The molecular weight excluding hydrogens is 598 g/mol. The van der Waals surface area contributed by atoms with Gasteiger partial charge in [0.2, 0.25) is 11.8 Å². The summed E-state index contributed by atoms with van der Waals surface area (Å²) >= 11 is 0. The molecule has 11 nitrogen and oxygen atoms in total. The van der Waals surface area contributed by atoms with Gasteiger partial charge in [-0.3, -0.25) is 13.9 Å². The van der Waals surface area contributed by atoms with Gasteiger partial charge < -0.3 is 29.2 Å². The lowest BCUT2D eigenvalue weighted by atomic mass is 10.1. The molecule has 244 valence electrons. The zero-order valence-electron chi connectivity index (χ0n) is 27.3.